The van der Waals surface area contributed by atoms with Gasteiger partial charge in [0.15, 0.2) is 17.3 Å². The van der Waals surface area contributed by atoms with Crippen LogP contribution in [0.25, 0.3) is 5.83 Å². The summed E-state index contributed by atoms with van der Waals surface area (Å²) in [5.74, 6) is -0.803. The van der Waals surface area contributed by atoms with Gasteiger partial charge in [0.1, 0.15) is 0 Å². The highest BCUT2D eigenvalue weighted by Gasteiger charge is 2.38. The van der Waals surface area contributed by atoms with Crippen molar-refractivity contribution in [2.24, 2.45) is 5.92 Å². The minimum absolute atomic E-state index is 0.156. The molecule has 1 aliphatic carbocycles. The Morgan fingerprint density at radius 3 is 2.14 bits per heavy atom. The summed E-state index contributed by atoms with van der Waals surface area (Å²) < 4.78 is 53.7. The molecule has 1 heterocycles. The van der Waals surface area contributed by atoms with Crippen molar-refractivity contribution in [3.05, 3.63) is 41.2 Å². The fourth-order valence-corrected chi connectivity index (χ4v) is 4.61. The Morgan fingerprint density at radius 1 is 0.966 bits per heavy atom. The van der Waals surface area contributed by atoms with Gasteiger partial charge in [-0.15, -0.1) is 0 Å². The average molecular weight is 411 g/mol. The fourth-order valence-electron chi connectivity index (χ4n) is 4.61. The van der Waals surface area contributed by atoms with Gasteiger partial charge in [0, 0.05) is 5.56 Å². The zero-order chi connectivity index (χ0) is 20.9. The Balaban J connectivity index is 1.60. The van der Waals surface area contributed by atoms with Gasteiger partial charge in [-0.3, -0.25) is 0 Å². The first kappa shape index (κ1) is 22.4. The predicted octanol–water partition coefficient (Wildman–Crippen LogP) is 7.25. The van der Waals surface area contributed by atoms with E-state index in [1.54, 1.807) is 12.1 Å². The summed E-state index contributed by atoms with van der Waals surface area (Å²) in [6.45, 7) is 3.51. The first-order valence-corrected chi connectivity index (χ1v) is 11.0. The minimum atomic E-state index is -1.63. The quantitative estimate of drug-likeness (QED) is 0.471. The van der Waals surface area contributed by atoms with Crippen molar-refractivity contribution in [2.75, 3.05) is 13.2 Å². The van der Waals surface area contributed by atoms with Gasteiger partial charge in [0.2, 0.25) is 6.29 Å². The van der Waals surface area contributed by atoms with Crippen molar-refractivity contribution in [3.8, 4) is 0 Å². The van der Waals surface area contributed by atoms with Crippen LogP contribution in [0.4, 0.5) is 13.2 Å². The highest BCUT2D eigenvalue weighted by atomic mass is 19.2. The SMILES string of the molecule is CCCC1CCC(c2ccc(/C(F)=C(\F)C3OCC(F)(CCC)CO3)cc2)CC1. The monoisotopic (exact) mass is 410 g/mol. The first-order chi connectivity index (χ1) is 14.0. The van der Waals surface area contributed by atoms with E-state index in [1.165, 1.54) is 31.2 Å². The van der Waals surface area contributed by atoms with Gasteiger partial charge in [-0.2, -0.15) is 0 Å². The van der Waals surface area contributed by atoms with E-state index in [2.05, 4.69) is 6.92 Å². The van der Waals surface area contributed by atoms with Crippen LogP contribution in [0.5, 0.6) is 0 Å². The zero-order valence-electron chi connectivity index (χ0n) is 17.6. The zero-order valence-corrected chi connectivity index (χ0v) is 17.6. The molecule has 0 atom stereocenters. The van der Waals surface area contributed by atoms with Crippen LogP contribution in [0.1, 0.15) is 82.3 Å². The third-order valence-electron chi connectivity index (χ3n) is 6.28. The van der Waals surface area contributed by atoms with Gasteiger partial charge < -0.3 is 9.47 Å². The van der Waals surface area contributed by atoms with Gasteiger partial charge in [-0.05, 0) is 49.5 Å². The Hall–Kier alpha value is -1.33. The Bertz CT molecular complexity index is 670. The molecule has 162 valence electrons. The number of rotatable bonds is 7. The smallest absolute Gasteiger partial charge is 0.214 e. The molecule has 5 heteroatoms. The second kappa shape index (κ2) is 10.1. The van der Waals surface area contributed by atoms with E-state index in [1.807, 2.05) is 19.1 Å². The third kappa shape index (κ3) is 5.64. The molecule has 0 bridgehead atoms. The summed E-state index contributed by atoms with van der Waals surface area (Å²) in [5.41, 5.74) is -0.285. The van der Waals surface area contributed by atoms with Gasteiger partial charge in [0.05, 0.1) is 13.2 Å². The molecule has 1 aliphatic heterocycles. The number of halogens is 3. The van der Waals surface area contributed by atoms with E-state index in [0.29, 0.717) is 12.3 Å². The van der Waals surface area contributed by atoms with Gasteiger partial charge >= 0.3 is 0 Å². The number of ether oxygens (including phenoxy) is 2. The van der Waals surface area contributed by atoms with E-state index in [0.717, 1.165) is 18.8 Å². The molecule has 2 fully saturated rings. The summed E-state index contributed by atoms with van der Waals surface area (Å²) in [4.78, 5) is 0. The summed E-state index contributed by atoms with van der Waals surface area (Å²) in [5, 5.41) is 0. The van der Waals surface area contributed by atoms with E-state index in [4.69, 9.17) is 9.47 Å². The predicted molar refractivity (Wildman–Crippen MR) is 110 cm³/mol. The largest absolute Gasteiger partial charge is 0.343 e. The van der Waals surface area contributed by atoms with Crippen LogP contribution in [-0.2, 0) is 9.47 Å². The molecule has 1 aromatic carbocycles. The molecule has 0 unspecified atom stereocenters. The van der Waals surface area contributed by atoms with Crippen LogP contribution in [0.3, 0.4) is 0 Å². The third-order valence-corrected chi connectivity index (χ3v) is 6.28. The molecular formula is C24H33F3O2. The molecule has 29 heavy (non-hydrogen) atoms. The van der Waals surface area contributed by atoms with Gasteiger partial charge in [0.25, 0.3) is 0 Å². The molecule has 2 aliphatic rings. The molecule has 3 rings (SSSR count). The van der Waals surface area contributed by atoms with Crippen LogP contribution in [0.2, 0.25) is 0 Å². The molecule has 0 amide bonds. The van der Waals surface area contributed by atoms with Crippen molar-refractivity contribution in [1.29, 1.82) is 0 Å². The van der Waals surface area contributed by atoms with Crippen LogP contribution in [-0.4, -0.2) is 25.2 Å². The maximum absolute atomic E-state index is 14.6. The molecule has 0 N–H and O–H groups in total. The summed E-state index contributed by atoms with van der Waals surface area (Å²) in [6.07, 6.45) is 6.76. The van der Waals surface area contributed by atoms with Crippen molar-refractivity contribution in [3.63, 3.8) is 0 Å². The maximum atomic E-state index is 14.6. The molecule has 1 saturated carbocycles. The summed E-state index contributed by atoms with van der Waals surface area (Å²) in [7, 11) is 0. The van der Waals surface area contributed by atoms with Gasteiger partial charge in [-0.25, -0.2) is 13.2 Å². The first-order valence-electron chi connectivity index (χ1n) is 11.0. The van der Waals surface area contributed by atoms with Crippen LogP contribution < -0.4 is 0 Å². The standard InChI is InChI=1S/C24H33F3O2/c1-3-5-17-6-8-18(9-7-17)19-10-12-20(13-11-19)21(25)22(26)23-28-15-24(27,14-4-2)16-29-23/h10-13,17-18,23H,3-9,14-16H2,1-2H3/b22-21+. The highest BCUT2D eigenvalue weighted by molar-refractivity contribution is 5.61. The second-order valence-electron chi connectivity index (χ2n) is 8.65. The lowest BCUT2D eigenvalue weighted by Crippen LogP contribution is -2.44. The maximum Gasteiger partial charge on any atom is 0.214 e. The molecule has 2 nitrogen and oxygen atoms in total. The van der Waals surface area contributed by atoms with Crippen molar-refractivity contribution in [1.82, 2.24) is 0 Å². The Labute approximate surface area is 172 Å². The lowest BCUT2D eigenvalue weighted by Gasteiger charge is -2.33. The van der Waals surface area contributed by atoms with Crippen LogP contribution in [0, 0.1) is 5.92 Å². The molecule has 0 aromatic heterocycles. The Morgan fingerprint density at radius 2 is 1.59 bits per heavy atom. The highest BCUT2D eigenvalue weighted by Crippen LogP contribution is 2.38. The van der Waals surface area contributed by atoms with E-state index in [9.17, 15) is 13.2 Å². The second-order valence-corrected chi connectivity index (χ2v) is 8.65. The topological polar surface area (TPSA) is 18.5 Å². The van der Waals surface area contributed by atoms with E-state index in [-0.39, 0.29) is 25.2 Å². The van der Waals surface area contributed by atoms with Crippen molar-refractivity contribution in [2.45, 2.75) is 83.1 Å². The number of hydrogen-bond acceptors (Lipinski definition) is 2. The van der Waals surface area contributed by atoms with E-state index < -0.39 is 23.6 Å². The molecule has 0 radical (unpaired) electrons. The minimum Gasteiger partial charge on any atom is -0.343 e. The fraction of sp³-hybridized carbons (Fsp3) is 0.667. The van der Waals surface area contributed by atoms with Crippen molar-refractivity contribution < 1.29 is 22.6 Å². The summed E-state index contributed by atoms with van der Waals surface area (Å²) in [6, 6.07) is 7.01. The lowest BCUT2D eigenvalue weighted by atomic mass is 9.77. The number of alkyl halides is 1. The van der Waals surface area contributed by atoms with Crippen LogP contribution >= 0.6 is 0 Å². The molecule has 1 aromatic rings. The van der Waals surface area contributed by atoms with Crippen molar-refractivity contribution >= 4 is 5.83 Å². The van der Waals surface area contributed by atoms with Gasteiger partial charge in [-0.1, -0.05) is 57.4 Å². The molecule has 0 spiro atoms. The van der Waals surface area contributed by atoms with Crippen LogP contribution in [0.15, 0.2) is 30.1 Å². The average Bonchev–Trinajstić information content (AvgIpc) is 2.74. The number of hydrogen-bond donors (Lipinski definition) is 0. The lowest BCUT2D eigenvalue weighted by molar-refractivity contribution is -0.223. The molecule has 1 saturated heterocycles. The normalized spacial score (nSPS) is 31.4. The molecular weight excluding hydrogens is 377 g/mol. The summed E-state index contributed by atoms with van der Waals surface area (Å²) >= 11 is 0. The Kier molecular flexibility index (Phi) is 7.80. The van der Waals surface area contributed by atoms with E-state index >= 15 is 0 Å². The number of benzene rings is 1.